The minimum absolute atomic E-state index is 0.128. The molecule has 0 amide bonds. The maximum atomic E-state index is 6.39. The molecule has 2 atom stereocenters. The first-order valence-corrected chi connectivity index (χ1v) is 7.12. The number of rotatable bonds is 6. The fourth-order valence-electron chi connectivity index (χ4n) is 2.63. The molecule has 0 bridgehead atoms. The third kappa shape index (κ3) is 3.84. The van der Waals surface area contributed by atoms with E-state index >= 15 is 0 Å². The van der Waals surface area contributed by atoms with Crippen molar-refractivity contribution in [2.45, 2.75) is 25.5 Å². The summed E-state index contributed by atoms with van der Waals surface area (Å²) < 4.78 is 11.0. The van der Waals surface area contributed by atoms with Gasteiger partial charge >= 0.3 is 0 Å². The second-order valence-corrected chi connectivity index (χ2v) is 5.25. The first-order chi connectivity index (χ1) is 10.2. The quantitative estimate of drug-likeness (QED) is 0.886. The first kappa shape index (κ1) is 15.5. The van der Waals surface area contributed by atoms with Crippen LogP contribution in [0.25, 0.3) is 0 Å². The zero-order valence-corrected chi connectivity index (χ0v) is 12.9. The zero-order chi connectivity index (χ0) is 15.2. The molecule has 3 heteroatoms. The SMILES string of the molecule is COc1ccc(C)cc1CC(N)C(OC)c1ccccc1. The summed E-state index contributed by atoms with van der Waals surface area (Å²) in [5.74, 6) is 0.874. The Balaban J connectivity index is 2.20. The van der Waals surface area contributed by atoms with Gasteiger partial charge in [0.25, 0.3) is 0 Å². The van der Waals surface area contributed by atoms with E-state index in [0.29, 0.717) is 6.42 Å². The molecule has 0 spiro atoms. The average Bonchev–Trinajstić information content (AvgIpc) is 2.49. The van der Waals surface area contributed by atoms with Crippen LogP contribution in [-0.4, -0.2) is 20.3 Å². The van der Waals surface area contributed by atoms with E-state index in [0.717, 1.165) is 16.9 Å². The van der Waals surface area contributed by atoms with Crippen molar-refractivity contribution in [3.05, 3.63) is 65.2 Å². The maximum absolute atomic E-state index is 6.39. The molecule has 2 aromatic carbocycles. The molecule has 2 rings (SSSR count). The van der Waals surface area contributed by atoms with Crippen LogP contribution in [-0.2, 0) is 11.2 Å². The van der Waals surface area contributed by atoms with Gasteiger partial charge in [-0.2, -0.15) is 0 Å². The summed E-state index contributed by atoms with van der Waals surface area (Å²) in [4.78, 5) is 0. The van der Waals surface area contributed by atoms with Crippen LogP contribution >= 0.6 is 0 Å². The normalized spacial score (nSPS) is 13.7. The minimum Gasteiger partial charge on any atom is -0.496 e. The van der Waals surface area contributed by atoms with Gasteiger partial charge in [0.05, 0.1) is 13.2 Å². The molecule has 2 N–H and O–H groups in total. The fraction of sp³-hybridized carbons (Fsp3) is 0.333. The third-order valence-electron chi connectivity index (χ3n) is 3.66. The Labute approximate surface area is 126 Å². The average molecular weight is 285 g/mol. The molecule has 2 aromatic rings. The van der Waals surface area contributed by atoms with Crippen LogP contribution < -0.4 is 10.5 Å². The second-order valence-electron chi connectivity index (χ2n) is 5.25. The second kappa shape index (κ2) is 7.25. The highest BCUT2D eigenvalue weighted by Crippen LogP contribution is 2.26. The van der Waals surface area contributed by atoms with E-state index < -0.39 is 0 Å². The molecule has 0 aliphatic carbocycles. The van der Waals surface area contributed by atoms with Gasteiger partial charge < -0.3 is 15.2 Å². The van der Waals surface area contributed by atoms with Crippen LogP contribution in [0.4, 0.5) is 0 Å². The van der Waals surface area contributed by atoms with E-state index in [1.807, 2.05) is 42.5 Å². The summed E-state index contributed by atoms with van der Waals surface area (Å²) in [5.41, 5.74) is 9.80. The summed E-state index contributed by atoms with van der Waals surface area (Å²) in [6.07, 6.45) is 0.578. The number of nitrogens with two attached hydrogens (primary N) is 1. The Hall–Kier alpha value is -1.84. The van der Waals surface area contributed by atoms with Gasteiger partial charge in [-0.05, 0) is 30.5 Å². The molecular weight excluding hydrogens is 262 g/mol. The van der Waals surface area contributed by atoms with Crippen LogP contribution in [0.15, 0.2) is 48.5 Å². The molecular formula is C18H23NO2. The lowest BCUT2D eigenvalue weighted by atomic mass is 9.95. The molecule has 2 unspecified atom stereocenters. The molecule has 0 heterocycles. The number of benzene rings is 2. The lowest BCUT2D eigenvalue weighted by Crippen LogP contribution is -2.32. The van der Waals surface area contributed by atoms with Crippen molar-refractivity contribution in [3.63, 3.8) is 0 Å². The Kier molecular flexibility index (Phi) is 5.37. The highest BCUT2D eigenvalue weighted by Gasteiger charge is 2.21. The highest BCUT2D eigenvalue weighted by molar-refractivity contribution is 5.37. The van der Waals surface area contributed by atoms with Crippen molar-refractivity contribution < 1.29 is 9.47 Å². The predicted octanol–water partition coefficient (Wildman–Crippen LogP) is 3.26. The number of aryl methyl sites for hydroxylation is 1. The third-order valence-corrected chi connectivity index (χ3v) is 3.66. The monoisotopic (exact) mass is 285 g/mol. The number of hydrogen-bond acceptors (Lipinski definition) is 3. The Morgan fingerprint density at radius 1 is 1.05 bits per heavy atom. The van der Waals surface area contributed by atoms with Gasteiger partial charge in [0, 0.05) is 13.2 Å². The topological polar surface area (TPSA) is 44.5 Å². The summed E-state index contributed by atoms with van der Waals surface area (Å²) in [6, 6.07) is 16.1. The van der Waals surface area contributed by atoms with Crippen LogP contribution in [0.3, 0.4) is 0 Å². The summed E-state index contributed by atoms with van der Waals surface area (Å²) in [7, 11) is 3.38. The van der Waals surface area contributed by atoms with Crippen molar-refractivity contribution in [2.75, 3.05) is 14.2 Å². The molecule has 0 aliphatic heterocycles. The molecule has 0 radical (unpaired) electrons. The van der Waals surface area contributed by atoms with E-state index in [1.54, 1.807) is 14.2 Å². The number of ether oxygens (including phenoxy) is 2. The van der Waals surface area contributed by atoms with E-state index in [1.165, 1.54) is 5.56 Å². The van der Waals surface area contributed by atoms with E-state index in [9.17, 15) is 0 Å². The molecule has 0 saturated heterocycles. The van der Waals surface area contributed by atoms with Crippen molar-refractivity contribution >= 4 is 0 Å². The van der Waals surface area contributed by atoms with Crippen LogP contribution in [0, 0.1) is 6.92 Å². The largest absolute Gasteiger partial charge is 0.496 e. The minimum atomic E-state index is -0.131. The van der Waals surface area contributed by atoms with Gasteiger partial charge in [-0.25, -0.2) is 0 Å². The smallest absolute Gasteiger partial charge is 0.122 e. The lowest BCUT2D eigenvalue weighted by Gasteiger charge is -2.24. The van der Waals surface area contributed by atoms with Crippen molar-refractivity contribution in [3.8, 4) is 5.75 Å². The van der Waals surface area contributed by atoms with E-state index in [-0.39, 0.29) is 12.1 Å². The first-order valence-electron chi connectivity index (χ1n) is 7.12. The van der Waals surface area contributed by atoms with Gasteiger partial charge in [-0.15, -0.1) is 0 Å². The van der Waals surface area contributed by atoms with Gasteiger partial charge in [0.2, 0.25) is 0 Å². The Morgan fingerprint density at radius 2 is 1.76 bits per heavy atom. The highest BCUT2D eigenvalue weighted by atomic mass is 16.5. The number of hydrogen-bond donors (Lipinski definition) is 1. The molecule has 0 aliphatic rings. The number of methoxy groups -OCH3 is 2. The summed E-state index contributed by atoms with van der Waals surface area (Å²) in [5, 5.41) is 0. The maximum Gasteiger partial charge on any atom is 0.122 e. The standard InChI is InChI=1S/C18H23NO2/c1-13-9-10-17(20-2)15(11-13)12-16(19)18(21-3)14-7-5-4-6-8-14/h4-11,16,18H,12,19H2,1-3H3. The lowest BCUT2D eigenvalue weighted by molar-refractivity contribution is 0.0801. The molecule has 3 nitrogen and oxygen atoms in total. The fourth-order valence-corrected chi connectivity index (χ4v) is 2.63. The molecule has 0 fully saturated rings. The van der Waals surface area contributed by atoms with Gasteiger partial charge in [0.1, 0.15) is 5.75 Å². The van der Waals surface area contributed by atoms with Gasteiger partial charge in [-0.1, -0.05) is 48.0 Å². The van der Waals surface area contributed by atoms with Gasteiger partial charge in [-0.3, -0.25) is 0 Å². The van der Waals surface area contributed by atoms with Crippen molar-refractivity contribution in [1.29, 1.82) is 0 Å². The Bertz CT molecular complexity index is 569. The van der Waals surface area contributed by atoms with Gasteiger partial charge in [0.15, 0.2) is 0 Å². The predicted molar refractivity (Wildman–Crippen MR) is 85.6 cm³/mol. The van der Waals surface area contributed by atoms with E-state index in [2.05, 4.69) is 13.0 Å². The summed E-state index contributed by atoms with van der Waals surface area (Å²) >= 11 is 0. The van der Waals surface area contributed by atoms with Crippen molar-refractivity contribution in [2.24, 2.45) is 5.73 Å². The van der Waals surface area contributed by atoms with Crippen molar-refractivity contribution in [1.82, 2.24) is 0 Å². The molecule has 0 saturated carbocycles. The summed E-state index contributed by atoms with van der Waals surface area (Å²) in [6.45, 7) is 2.07. The van der Waals surface area contributed by atoms with Crippen LogP contribution in [0.2, 0.25) is 0 Å². The van der Waals surface area contributed by atoms with Crippen LogP contribution in [0.5, 0.6) is 5.75 Å². The van der Waals surface area contributed by atoms with E-state index in [4.69, 9.17) is 15.2 Å². The van der Waals surface area contributed by atoms with Crippen LogP contribution in [0.1, 0.15) is 22.8 Å². The molecule has 0 aromatic heterocycles. The zero-order valence-electron chi connectivity index (χ0n) is 12.9. The molecule has 21 heavy (non-hydrogen) atoms. The Morgan fingerprint density at radius 3 is 2.38 bits per heavy atom. The molecule has 112 valence electrons.